The van der Waals surface area contributed by atoms with Crippen LogP contribution in [0.15, 0.2) is 67.4 Å². The largest absolute Gasteiger partial charge is 0.343 e. The molecular formula is C22H22ClFN4. The van der Waals surface area contributed by atoms with Gasteiger partial charge in [0, 0.05) is 54.2 Å². The number of halogens is 2. The molecule has 0 amide bonds. The van der Waals surface area contributed by atoms with E-state index in [0.29, 0.717) is 11.6 Å². The van der Waals surface area contributed by atoms with Crippen molar-refractivity contribution in [3.63, 3.8) is 0 Å². The summed E-state index contributed by atoms with van der Waals surface area (Å²) in [6.45, 7) is 3.30. The number of rotatable bonds is 8. The monoisotopic (exact) mass is 396 g/mol. The van der Waals surface area contributed by atoms with E-state index in [0.717, 1.165) is 37.1 Å². The molecule has 2 heterocycles. The normalized spacial score (nSPS) is 11.4. The summed E-state index contributed by atoms with van der Waals surface area (Å²) in [5.41, 5.74) is 3.30. The Morgan fingerprint density at radius 3 is 2.82 bits per heavy atom. The number of hydrogen-bond acceptors (Lipinski definition) is 2. The Labute approximate surface area is 168 Å². The Bertz CT molecular complexity index is 1060. The minimum absolute atomic E-state index is 0.313. The van der Waals surface area contributed by atoms with Gasteiger partial charge in [-0.2, -0.15) is 0 Å². The molecule has 0 radical (unpaired) electrons. The van der Waals surface area contributed by atoms with Crippen molar-refractivity contribution in [1.82, 2.24) is 19.4 Å². The van der Waals surface area contributed by atoms with Crippen LogP contribution in [-0.2, 0) is 19.6 Å². The van der Waals surface area contributed by atoms with Crippen molar-refractivity contribution in [2.75, 3.05) is 6.54 Å². The van der Waals surface area contributed by atoms with E-state index in [9.17, 15) is 4.39 Å². The van der Waals surface area contributed by atoms with Crippen molar-refractivity contribution in [2.24, 2.45) is 0 Å². The number of imidazole rings is 1. The van der Waals surface area contributed by atoms with Crippen LogP contribution in [0, 0.1) is 5.82 Å². The lowest BCUT2D eigenvalue weighted by Gasteiger charge is -2.07. The van der Waals surface area contributed by atoms with Gasteiger partial charge in [0.05, 0.1) is 6.33 Å². The van der Waals surface area contributed by atoms with Crippen LogP contribution in [0.3, 0.4) is 0 Å². The van der Waals surface area contributed by atoms with Gasteiger partial charge in [0.1, 0.15) is 5.82 Å². The summed E-state index contributed by atoms with van der Waals surface area (Å²) < 4.78 is 17.6. The maximum absolute atomic E-state index is 13.3. The lowest BCUT2D eigenvalue weighted by molar-refractivity contribution is 0.581. The number of benzene rings is 2. The predicted molar refractivity (Wildman–Crippen MR) is 111 cm³/mol. The van der Waals surface area contributed by atoms with Crippen LogP contribution in [0.5, 0.6) is 0 Å². The van der Waals surface area contributed by atoms with Gasteiger partial charge in [0.2, 0.25) is 0 Å². The zero-order chi connectivity index (χ0) is 19.3. The molecule has 2 aromatic heterocycles. The first-order valence-electron chi connectivity index (χ1n) is 9.38. The van der Waals surface area contributed by atoms with E-state index < -0.39 is 0 Å². The van der Waals surface area contributed by atoms with Crippen LogP contribution in [0.1, 0.15) is 17.5 Å². The van der Waals surface area contributed by atoms with Gasteiger partial charge in [-0.25, -0.2) is 9.37 Å². The van der Waals surface area contributed by atoms with Crippen molar-refractivity contribution in [3.05, 3.63) is 89.3 Å². The molecule has 0 saturated carbocycles. The van der Waals surface area contributed by atoms with Gasteiger partial charge in [-0.05, 0) is 42.3 Å². The highest BCUT2D eigenvalue weighted by atomic mass is 35.5. The second-order valence-corrected chi connectivity index (χ2v) is 7.27. The van der Waals surface area contributed by atoms with E-state index >= 15 is 0 Å². The summed E-state index contributed by atoms with van der Waals surface area (Å²) in [4.78, 5) is 4.06. The zero-order valence-electron chi connectivity index (χ0n) is 15.5. The lowest BCUT2D eigenvalue weighted by atomic mass is 10.2. The predicted octanol–water partition coefficient (Wildman–Crippen LogP) is 4.86. The van der Waals surface area contributed by atoms with E-state index in [4.69, 9.17) is 11.6 Å². The molecule has 0 bridgehead atoms. The summed E-state index contributed by atoms with van der Waals surface area (Å²) in [6.07, 6.45) is 8.82. The number of nitrogens with zero attached hydrogens (tertiary/aromatic N) is 3. The van der Waals surface area contributed by atoms with Gasteiger partial charge in [-0.3, -0.25) is 0 Å². The average molecular weight is 397 g/mol. The van der Waals surface area contributed by atoms with Crippen LogP contribution in [0.25, 0.3) is 10.9 Å². The highest BCUT2D eigenvalue weighted by Crippen LogP contribution is 2.25. The first-order valence-corrected chi connectivity index (χ1v) is 9.75. The van der Waals surface area contributed by atoms with Crippen LogP contribution < -0.4 is 5.32 Å². The molecule has 6 heteroatoms. The van der Waals surface area contributed by atoms with Crippen molar-refractivity contribution in [1.29, 1.82) is 0 Å². The van der Waals surface area contributed by atoms with Crippen molar-refractivity contribution in [3.8, 4) is 0 Å². The van der Waals surface area contributed by atoms with E-state index in [1.165, 1.54) is 23.1 Å². The molecule has 28 heavy (non-hydrogen) atoms. The SMILES string of the molecule is Fc1ccc(Cn2cc(CNCCCn3ccnc3)c3ccccc32)c(Cl)c1. The number of aromatic nitrogens is 3. The molecule has 4 rings (SSSR count). The van der Waals surface area contributed by atoms with Gasteiger partial charge in [0.25, 0.3) is 0 Å². The summed E-state index contributed by atoms with van der Waals surface area (Å²) in [5.74, 6) is -0.313. The average Bonchev–Trinajstić information content (AvgIpc) is 3.32. The Morgan fingerprint density at radius 2 is 2.00 bits per heavy atom. The standard InChI is InChI=1S/C22H22ClFN4/c23-21-12-19(24)7-6-17(21)14-28-15-18(20-4-1-2-5-22(20)28)13-25-8-3-10-27-11-9-26-16-27/h1-2,4-7,9,11-12,15-16,25H,3,8,10,13-14H2. The van der Waals surface area contributed by atoms with Gasteiger partial charge in [-0.1, -0.05) is 35.9 Å². The van der Waals surface area contributed by atoms with Crippen LogP contribution in [0.2, 0.25) is 5.02 Å². The topological polar surface area (TPSA) is 34.8 Å². The van der Waals surface area contributed by atoms with Gasteiger partial charge in [0.15, 0.2) is 0 Å². The highest BCUT2D eigenvalue weighted by molar-refractivity contribution is 6.31. The molecule has 1 N–H and O–H groups in total. The smallest absolute Gasteiger partial charge is 0.124 e. The second-order valence-electron chi connectivity index (χ2n) is 6.87. The fraction of sp³-hybridized carbons (Fsp3) is 0.227. The molecule has 2 aromatic carbocycles. The molecule has 4 nitrogen and oxygen atoms in total. The third-order valence-electron chi connectivity index (χ3n) is 4.87. The molecule has 0 aliphatic rings. The summed E-state index contributed by atoms with van der Waals surface area (Å²) in [7, 11) is 0. The van der Waals surface area contributed by atoms with Crippen molar-refractivity contribution >= 4 is 22.5 Å². The molecule has 0 aliphatic carbocycles. The van der Waals surface area contributed by atoms with E-state index in [1.807, 2.05) is 18.6 Å². The Kier molecular flexibility index (Phi) is 5.74. The maximum Gasteiger partial charge on any atom is 0.124 e. The van der Waals surface area contributed by atoms with Crippen LogP contribution >= 0.6 is 11.6 Å². The molecule has 0 atom stereocenters. The molecular weight excluding hydrogens is 375 g/mol. The summed E-state index contributed by atoms with van der Waals surface area (Å²) in [6, 6.07) is 12.9. The summed E-state index contributed by atoms with van der Waals surface area (Å²) >= 11 is 6.23. The van der Waals surface area contributed by atoms with E-state index in [2.05, 4.69) is 43.8 Å². The molecule has 0 fully saturated rings. The molecule has 0 aliphatic heterocycles. The maximum atomic E-state index is 13.3. The quantitative estimate of drug-likeness (QED) is 0.432. The van der Waals surface area contributed by atoms with E-state index in [-0.39, 0.29) is 5.82 Å². The fourth-order valence-electron chi connectivity index (χ4n) is 3.46. The molecule has 4 aromatic rings. The third-order valence-corrected chi connectivity index (χ3v) is 5.22. The van der Waals surface area contributed by atoms with Crippen molar-refractivity contribution in [2.45, 2.75) is 26.1 Å². The Balaban J connectivity index is 1.45. The molecule has 0 spiro atoms. The van der Waals surface area contributed by atoms with Gasteiger partial charge in [-0.15, -0.1) is 0 Å². The van der Waals surface area contributed by atoms with Crippen LogP contribution in [-0.4, -0.2) is 20.7 Å². The highest BCUT2D eigenvalue weighted by Gasteiger charge is 2.10. The second kappa shape index (κ2) is 8.59. The minimum Gasteiger partial charge on any atom is -0.343 e. The zero-order valence-corrected chi connectivity index (χ0v) is 16.2. The van der Waals surface area contributed by atoms with Crippen molar-refractivity contribution < 1.29 is 4.39 Å². The fourth-order valence-corrected chi connectivity index (χ4v) is 3.68. The molecule has 144 valence electrons. The third kappa shape index (κ3) is 4.26. The Morgan fingerprint density at radius 1 is 1.11 bits per heavy atom. The number of para-hydroxylation sites is 1. The first-order chi connectivity index (χ1) is 13.7. The summed E-state index contributed by atoms with van der Waals surface area (Å²) in [5, 5.41) is 5.21. The number of fused-ring (bicyclic) bond motifs is 1. The van der Waals surface area contributed by atoms with E-state index in [1.54, 1.807) is 12.3 Å². The first kappa shape index (κ1) is 18.7. The number of aryl methyl sites for hydroxylation is 1. The van der Waals surface area contributed by atoms with Gasteiger partial charge >= 0.3 is 0 Å². The number of nitrogens with one attached hydrogen (secondary N) is 1. The van der Waals surface area contributed by atoms with Crippen LogP contribution in [0.4, 0.5) is 4.39 Å². The van der Waals surface area contributed by atoms with Gasteiger partial charge < -0.3 is 14.5 Å². The molecule has 0 saturated heterocycles. The molecule has 0 unspecified atom stereocenters. The lowest BCUT2D eigenvalue weighted by Crippen LogP contribution is -2.16. The Hall–Kier alpha value is -2.63. The minimum atomic E-state index is -0.313. The number of hydrogen-bond donors (Lipinski definition) is 1.